The summed E-state index contributed by atoms with van der Waals surface area (Å²) in [5.74, 6) is 0. The average Bonchev–Trinajstić information content (AvgIpc) is 2.59. The average molecular weight is 300 g/mol. The number of aliphatic imine (C=N–C) groups is 1. The molecule has 3 aromatic rings. The Labute approximate surface area is 137 Å². The molecule has 0 aliphatic rings. The van der Waals surface area contributed by atoms with Gasteiger partial charge < -0.3 is 0 Å². The normalized spacial score (nSPS) is 11.3. The van der Waals surface area contributed by atoms with Gasteiger partial charge in [0.15, 0.2) is 0 Å². The highest BCUT2D eigenvalue weighted by Gasteiger charge is 2.16. The van der Waals surface area contributed by atoms with Crippen LogP contribution in [0.5, 0.6) is 0 Å². The molecule has 2 nitrogen and oxygen atoms in total. The molecule has 1 aromatic heterocycles. The Morgan fingerprint density at radius 2 is 1.35 bits per heavy atom. The van der Waals surface area contributed by atoms with Crippen molar-refractivity contribution in [1.82, 2.24) is 4.98 Å². The summed E-state index contributed by atoms with van der Waals surface area (Å²) in [4.78, 5) is 9.20. The molecule has 2 aromatic carbocycles. The minimum Gasteiger partial charge on any atom is -0.278 e. The van der Waals surface area contributed by atoms with Crippen molar-refractivity contribution in [2.45, 2.75) is 19.9 Å². The third-order valence-corrected chi connectivity index (χ3v) is 4.01. The van der Waals surface area contributed by atoms with Crippen molar-refractivity contribution in [2.24, 2.45) is 4.99 Å². The zero-order valence-corrected chi connectivity index (χ0v) is 13.5. The number of aryl methyl sites for hydroxylation is 2. The quantitative estimate of drug-likeness (QED) is 0.629. The zero-order valence-electron chi connectivity index (χ0n) is 13.5. The highest BCUT2D eigenvalue weighted by atomic mass is 14.8. The molecule has 0 N–H and O–H groups in total. The second-order valence-electron chi connectivity index (χ2n) is 5.65. The summed E-state index contributed by atoms with van der Waals surface area (Å²) in [6.45, 7) is 4.27. The fourth-order valence-corrected chi connectivity index (χ4v) is 2.72. The molecule has 0 aliphatic heterocycles. The first-order chi connectivity index (χ1) is 11.3. The monoisotopic (exact) mass is 300 g/mol. The van der Waals surface area contributed by atoms with E-state index in [0.717, 1.165) is 5.69 Å². The van der Waals surface area contributed by atoms with E-state index < -0.39 is 0 Å². The van der Waals surface area contributed by atoms with Crippen LogP contribution in [0.15, 0.2) is 77.9 Å². The molecule has 114 valence electrons. The summed E-state index contributed by atoms with van der Waals surface area (Å²) in [5, 5.41) is 0. The van der Waals surface area contributed by atoms with E-state index in [2.05, 4.69) is 67.4 Å². The Morgan fingerprint density at radius 1 is 0.783 bits per heavy atom. The number of rotatable bonds is 4. The lowest BCUT2D eigenvalue weighted by atomic mass is 9.93. The van der Waals surface area contributed by atoms with E-state index in [9.17, 15) is 0 Å². The molecule has 3 rings (SSSR count). The first-order valence-corrected chi connectivity index (χ1v) is 7.81. The van der Waals surface area contributed by atoms with Gasteiger partial charge in [-0.25, -0.2) is 0 Å². The van der Waals surface area contributed by atoms with Crippen molar-refractivity contribution >= 4 is 6.21 Å². The predicted octanol–water partition coefficient (Wildman–Crippen LogP) is 4.91. The van der Waals surface area contributed by atoms with E-state index in [1.54, 1.807) is 6.20 Å². The third-order valence-electron chi connectivity index (χ3n) is 4.01. The van der Waals surface area contributed by atoms with Crippen LogP contribution < -0.4 is 0 Å². The van der Waals surface area contributed by atoms with Gasteiger partial charge in [0.1, 0.15) is 6.04 Å². The van der Waals surface area contributed by atoms with Crippen LogP contribution in [-0.2, 0) is 0 Å². The lowest BCUT2D eigenvalue weighted by molar-refractivity contribution is 0.858. The van der Waals surface area contributed by atoms with Gasteiger partial charge in [-0.05, 0) is 48.2 Å². The van der Waals surface area contributed by atoms with Gasteiger partial charge in [-0.2, -0.15) is 0 Å². The summed E-state index contributed by atoms with van der Waals surface area (Å²) < 4.78 is 0. The molecule has 2 heteroatoms. The van der Waals surface area contributed by atoms with Crippen molar-refractivity contribution in [1.29, 1.82) is 0 Å². The second kappa shape index (κ2) is 7.01. The smallest absolute Gasteiger partial charge is 0.100 e. The molecule has 0 unspecified atom stereocenters. The van der Waals surface area contributed by atoms with Gasteiger partial charge >= 0.3 is 0 Å². The molecule has 0 aliphatic carbocycles. The molecular weight excluding hydrogens is 280 g/mol. The largest absolute Gasteiger partial charge is 0.278 e. The lowest BCUT2D eigenvalue weighted by Gasteiger charge is -2.18. The minimum atomic E-state index is -0.0144. The van der Waals surface area contributed by atoms with Gasteiger partial charge in [-0.15, -0.1) is 0 Å². The van der Waals surface area contributed by atoms with Gasteiger partial charge in [0.2, 0.25) is 0 Å². The maximum Gasteiger partial charge on any atom is 0.100 e. The maximum absolute atomic E-state index is 4.87. The van der Waals surface area contributed by atoms with E-state index in [4.69, 9.17) is 4.99 Å². The number of benzene rings is 2. The minimum absolute atomic E-state index is 0.0144. The van der Waals surface area contributed by atoms with Crippen LogP contribution >= 0.6 is 0 Å². The molecule has 0 fully saturated rings. The van der Waals surface area contributed by atoms with Crippen molar-refractivity contribution in [3.8, 4) is 0 Å². The van der Waals surface area contributed by atoms with E-state index in [1.165, 1.54) is 22.3 Å². The van der Waals surface area contributed by atoms with E-state index in [0.29, 0.717) is 0 Å². The van der Waals surface area contributed by atoms with Gasteiger partial charge in [0, 0.05) is 12.4 Å². The molecule has 0 saturated heterocycles. The Kier molecular flexibility index (Phi) is 4.62. The number of hydrogen-bond acceptors (Lipinski definition) is 2. The molecule has 0 bridgehead atoms. The summed E-state index contributed by atoms with van der Waals surface area (Å²) in [7, 11) is 0. The maximum atomic E-state index is 4.87. The first kappa shape index (κ1) is 15.2. The number of hydrogen-bond donors (Lipinski definition) is 0. The molecule has 0 spiro atoms. The van der Waals surface area contributed by atoms with Crippen LogP contribution in [0.4, 0.5) is 0 Å². The van der Waals surface area contributed by atoms with E-state index in [-0.39, 0.29) is 6.04 Å². The Hall–Kier alpha value is -2.74. The van der Waals surface area contributed by atoms with Gasteiger partial charge in [0.25, 0.3) is 0 Å². The van der Waals surface area contributed by atoms with Crippen LogP contribution in [0, 0.1) is 13.8 Å². The van der Waals surface area contributed by atoms with Gasteiger partial charge in [-0.1, -0.05) is 54.6 Å². The van der Waals surface area contributed by atoms with Crippen molar-refractivity contribution in [3.63, 3.8) is 0 Å². The Balaban J connectivity index is 2.06. The topological polar surface area (TPSA) is 25.2 Å². The predicted molar refractivity (Wildman–Crippen MR) is 96.0 cm³/mol. The number of aromatic nitrogens is 1. The van der Waals surface area contributed by atoms with E-state index in [1.807, 2.05) is 24.4 Å². The molecule has 1 heterocycles. The molecule has 23 heavy (non-hydrogen) atoms. The molecule has 0 saturated carbocycles. The fourth-order valence-electron chi connectivity index (χ4n) is 2.72. The molecule has 0 radical (unpaired) electrons. The third kappa shape index (κ3) is 3.54. The molecule has 0 atom stereocenters. The second-order valence-corrected chi connectivity index (χ2v) is 5.65. The zero-order chi connectivity index (χ0) is 16.1. The van der Waals surface area contributed by atoms with Crippen molar-refractivity contribution in [3.05, 3.63) is 101 Å². The Morgan fingerprint density at radius 3 is 1.87 bits per heavy atom. The number of nitrogens with zero attached hydrogens (tertiary/aromatic N) is 2. The van der Waals surface area contributed by atoms with Crippen molar-refractivity contribution < 1.29 is 0 Å². The SMILES string of the molecule is Cc1ccccc1C(N=Cc1ccccn1)c1ccccc1C. The molecular formula is C21H20N2. The molecule has 0 amide bonds. The van der Waals surface area contributed by atoms with E-state index >= 15 is 0 Å². The standard InChI is InChI=1S/C21H20N2/c1-16-9-3-5-12-19(16)21(20-13-6-4-10-17(20)2)23-15-18-11-7-8-14-22-18/h3-15,21H,1-2H3. The summed E-state index contributed by atoms with van der Waals surface area (Å²) in [6, 6.07) is 22.7. The first-order valence-electron chi connectivity index (χ1n) is 7.81. The summed E-state index contributed by atoms with van der Waals surface area (Å²) >= 11 is 0. The highest BCUT2D eigenvalue weighted by molar-refractivity contribution is 5.77. The van der Waals surface area contributed by atoms with Crippen LogP contribution in [0.2, 0.25) is 0 Å². The van der Waals surface area contributed by atoms with Crippen LogP contribution in [0.1, 0.15) is 34.0 Å². The lowest BCUT2D eigenvalue weighted by Crippen LogP contribution is -2.03. The van der Waals surface area contributed by atoms with Crippen molar-refractivity contribution in [2.75, 3.05) is 0 Å². The van der Waals surface area contributed by atoms with Crippen LogP contribution in [-0.4, -0.2) is 11.2 Å². The number of pyridine rings is 1. The van der Waals surface area contributed by atoms with Crippen LogP contribution in [0.25, 0.3) is 0 Å². The van der Waals surface area contributed by atoms with Gasteiger partial charge in [-0.3, -0.25) is 9.98 Å². The van der Waals surface area contributed by atoms with Gasteiger partial charge in [0.05, 0.1) is 5.69 Å². The summed E-state index contributed by atoms with van der Waals surface area (Å²) in [5.41, 5.74) is 5.83. The highest BCUT2D eigenvalue weighted by Crippen LogP contribution is 2.30. The Bertz CT molecular complexity index is 761. The fraction of sp³-hybridized carbons (Fsp3) is 0.143. The van der Waals surface area contributed by atoms with Crippen LogP contribution in [0.3, 0.4) is 0 Å². The summed E-state index contributed by atoms with van der Waals surface area (Å²) in [6.07, 6.45) is 3.65.